The van der Waals surface area contributed by atoms with Crippen LogP contribution in [0.4, 0.5) is 5.69 Å². The van der Waals surface area contributed by atoms with Gasteiger partial charge in [0.25, 0.3) is 0 Å². The van der Waals surface area contributed by atoms with E-state index in [4.69, 9.17) is 21.1 Å². The van der Waals surface area contributed by atoms with Crippen LogP contribution < -0.4 is 10.6 Å². The SMILES string of the molecule is Cc1ccc(NC(=O)[C@H]2[C@H]3C=C[C@@]4(O3)[C@H]2C(=O)N(CCN2CCOCC2)[C@@H]4C(=O)N[C@@H]2CCC[C@H](C)[C@H]2C)cc1Cl. The molecular formula is C31H41ClN4O5. The fraction of sp³-hybridized carbons (Fsp3) is 0.645. The van der Waals surface area contributed by atoms with Gasteiger partial charge in [-0.1, -0.05) is 56.5 Å². The molecule has 3 saturated heterocycles. The Morgan fingerprint density at radius 1 is 1.12 bits per heavy atom. The molecule has 1 aliphatic carbocycles. The second-order valence-corrected chi connectivity index (χ2v) is 12.9. The third-order valence-electron chi connectivity index (χ3n) is 10.2. The van der Waals surface area contributed by atoms with Gasteiger partial charge >= 0.3 is 0 Å². The molecule has 1 spiro atoms. The van der Waals surface area contributed by atoms with Crippen molar-refractivity contribution in [2.45, 2.75) is 63.8 Å². The number of hydrogen-bond donors (Lipinski definition) is 2. The molecule has 2 N–H and O–H groups in total. The van der Waals surface area contributed by atoms with E-state index in [1.807, 2.05) is 25.1 Å². The Morgan fingerprint density at radius 3 is 2.66 bits per heavy atom. The van der Waals surface area contributed by atoms with Crippen molar-refractivity contribution in [2.75, 3.05) is 44.7 Å². The number of halogens is 1. The maximum absolute atomic E-state index is 14.2. The average molecular weight is 585 g/mol. The van der Waals surface area contributed by atoms with E-state index in [2.05, 4.69) is 29.4 Å². The molecule has 1 aromatic carbocycles. The molecular weight excluding hydrogens is 544 g/mol. The number of rotatable bonds is 7. The highest BCUT2D eigenvalue weighted by Crippen LogP contribution is 2.55. The van der Waals surface area contributed by atoms with Crippen LogP contribution in [0.25, 0.3) is 0 Å². The summed E-state index contributed by atoms with van der Waals surface area (Å²) in [5.41, 5.74) is 0.302. The first kappa shape index (κ1) is 28.6. The lowest BCUT2D eigenvalue weighted by atomic mass is 9.73. The van der Waals surface area contributed by atoms with Crippen LogP contribution in [0.5, 0.6) is 0 Å². The number of anilines is 1. The quantitative estimate of drug-likeness (QED) is 0.478. The van der Waals surface area contributed by atoms with Crippen LogP contribution in [0.15, 0.2) is 30.4 Å². The molecule has 41 heavy (non-hydrogen) atoms. The van der Waals surface area contributed by atoms with E-state index in [0.29, 0.717) is 48.8 Å². The van der Waals surface area contributed by atoms with E-state index in [1.54, 1.807) is 17.0 Å². The standard InChI is InChI=1S/C31H41ClN4O5/c1-18-5-4-6-23(20(18)3)34-29(38)27-31-10-9-24(41-31)25(28(37)33-21-8-7-19(2)22(32)17-21)26(31)30(39)36(27)12-11-35-13-15-40-16-14-35/h7-10,17-18,20,23-27H,4-6,11-16H2,1-3H3,(H,33,37)(H,34,38)/t18-,20+,23+,24+,25-,26+,27+,31+/m0/s1. The van der Waals surface area contributed by atoms with Gasteiger partial charge in [-0.3, -0.25) is 19.3 Å². The summed E-state index contributed by atoms with van der Waals surface area (Å²) >= 11 is 6.30. The lowest BCUT2D eigenvalue weighted by Crippen LogP contribution is -2.58. The molecule has 4 fully saturated rings. The summed E-state index contributed by atoms with van der Waals surface area (Å²) in [6, 6.07) is 4.57. The van der Waals surface area contributed by atoms with Crippen LogP contribution in [0.3, 0.4) is 0 Å². The van der Waals surface area contributed by atoms with Crippen molar-refractivity contribution in [3.05, 3.63) is 40.9 Å². The summed E-state index contributed by atoms with van der Waals surface area (Å²) < 4.78 is 12.0. The molecule has 3 amide bonds. The van der Waals surface area contributed by atoms with Gasteiger partial charge in [0.1, 0.15) is 11.6 Å². The van der Waals surface area contributed by atoms with E-state index in [9.17, 15) is 14.4 Å². The number of amides is 3. The summed E-state index contributed by atoms with van der Waals surface area (Å²) in [6.45, 7) is 10.2. The average Bonchev–Trinajstić information content (AvgIpc) is 3.60. The monoisotopic (exact) mass is 584 g/mol. The van der Waals surface area contributed by atoms with Crippen molar-refractivity contribution in [3.8, 4) is 0 Å². The zero-order valence-corrected chi connectivity index (χ0v) is 24.9. The minimum Gasteiger partial charge on any atom is -0.379 e. The van der Waals surface area contributed by atoms with Crippen molar-refractivity contribution in [1.29, 1.82) is 0 Å². The number of ether oxygens (including phenoxy) is 2. The number of nitrogens with one attached hydrogen (secondary N) is 2. The van der Waals surface area contributed by atoms with Crippen molar-refractivity contribution >= 4 is 35.0 Å². The number of morpholine rings is 1. The first-order valence-corrected chi connectivity index (χ1v) is 15.4. The number of fused-ring (bicyclic) bond motifs is 1. The highest BCUT2D eigenvalue weighted by atomic mass is 35.5. The summed E-state index contributed by atoms with van der Waals surface area (Å²) in [6.07, 6.45) is 6.30. The normalized spacial score (nSPS) is 36.4. The largest absolute Gasteiger partial charge is 0.379 e. The topological polar surface area (TPSA) is 100 Å². The molecule has 1 saturated carbocycles. The molecule has 2 bridgehead atoms. The summed E-state index contributed by atoms with van der Waals surface area (Å²) in [4.78, 5) is 46.0. The minimum atomic E-state index is -1.17. The summed E-state index contributed by atoms with van der Waals surface area (Å²) in [5.74, 6) is -1.35. The first-order valence-electron chi connectivity index (χ1n) is 15.0. The van der Waals surface area contributed by atoms with Gasteiger partial charge in [-0.05, 0) is 42.9 Å². The number of carbonyl (C=O) groups excluding carboxylic acids is 3. The van der Waals surface area contributed by atoms with Crippen LogP contribution in [0.2, 0.25) is 5.02 Å². The van der Waals surface area contributed by atoms with Crippen molar-refractivity contribution in [2.24, 2.45) is 23.7 Å². The number of aryl methyl sites for hydroxylation is 1. The van der Waals surface area contributed by atoms with E-state index in [0.717, 1.165) is 37.9 Å². The maximum atomic E-state index is 14.2. The Labute approximate surface area is 246 Å². The van der Waals surface area contributed by atoms with Gasteiger partial charge in [-0.2, -0.15) is 0 Å². The Kier molecular flexibility index (Phi) is 7.91. The van der Waals surface area contributed by atoms with E-state index >= 15 is 0 Å². The molecule has 8 atom stereocenters. The van der Waals surface area contributed by atoms with Gasteiger partial charge < -0.3 is 25.0 Å². The fourth-order valence-electron chi connectivity index (χ4n) is 7.53. The Morgan fingerprint density at radius 2 is 1.90 bits per heavy atom. The summed E-state index contributed by atoms with van der Waals surface area (Å²) in [5, 5.41) is 6.83. The number of likely N-dealkylation sites (tertiary alicyclic amines) is 1. The molecule has 0 unspecified atom stereocenters. The van der Waals surface area contributed by atoms with Crippen molar-refractivity contribution in [3.63, 3.8) is 0 Å². The Balaban J connectivity index is 1.27. The van der Waals surface area contributed by atoms with Gasteiger partial charge in [0.15, 0.2) is 0 Å². The zero-order valence-electron chi connectivity index (χ0n) is 24.1. The van der Waals surface area contributed by atoms with Gasteiger partial charge in [0.2, 0.25) is 17.7 Å². The first-order chi connectivity index (χ1) is 19.7. The number of carbonyl (C=O) groups is 3. The van der Waals surface area contributed by atoms with Gasteiger partial charge in [0.05, 0.1) is 31.2 Å². The molecule has 4 heterocycles. The van der Waals surface area contributed by atoms with Crippen LogP contribution in [0.1, 0.15) is 38.7 Å². The lowest BCUT2D eigenvalue weighted by Gasteiger charge is -2.38. The van der Waals surface area contributed by atoms with Crippen molar-refractivity contribution < 1.29 is 23.9 Å². The highest BCUT2D eigenvalue weighted by Gasteiger charge is 2.72. The third-order valence-corrected chi connectivity index (χ3v) is 10.6. The lowest BCUT2D eigenvalue weighted by molar-refractivity contribution is -0.142. The molecule has 222 valence electrons. The van der Waals surface area contributed by atoms with Crippen LogP contribution in [-0.2, 0) is 23.9 Å². The van der Waals surface area contributed by atoms with Gasteiger partial charge in [0, 0.05) is 42.9 Å². The van der Waals surface area contributed by atoms with Gasteiger partial charge in [-0.25, -0.2) is 0 Å². The Hall–Kier alpha value is -2.46. The van der Waals surface area contributed by atoms with Crippen molar-refractivity contribution in [1.82, 2.24) is 15.1 Å². The van der Waals surface area contributed by atoms with Gasteiger partial charge in [-0.15, -0.1) is 0 Å². The molecule has 5 aliphatic rings. The van der Waals surface area contributed by atoms with E-state index < -0.39 is 29.6 Å². The molecule has 9 nitrogen and oxygen atoms in total. The zero-order chi connectivity index (χ0) is 28.9. The maximum Gasteiger partial charge on any atom is 0.246 e. The van der Waals surface area contributed by atoms with Crippen LogP contribution >= 0.6 is 11.6 Å². The third kappa shape index (κ3) is 5.09. The minimum absolute atomic E-state index is 0.0471. The van der Waals surface area contributed by atoms with Crippen LogP contribution in [-0.4, -0.2) is 90.7 Å². The predicted molar refractivity (Wildman–Crippen MR) is 155 cm³/mol. The number of benzene rings is 1. The number of nitrogens with zero attached hydrogens (tertiary/aromatic N) is 2. The molecule has 1 aromatic rings. The molecule has 0 aromatic heterocycles. The molecule has 0 radical (unpaired) electrons. The highest BCUT2D eigenvalue weighted by molar-refractivity contribution is 6.31. The van der Waals surface area contributed by atoms with E-state index in [-0.39, 0.29) is 23.8 Å². The second-order valence-electron chi connectivity index (χ2n) is 12.5. The molecule has 6 rings (SSSR count). The Bertz CT molecular complexity index is 1230. The second kappa shape index (κ2) is 11.3. The molecule has 4 aliphatic heterocycles. The smallest absolute Gasteiger partial charge is 0.246 e. The molecule has 10 heteroatoms. The number of hydrogen-bond acceptors (Lipinski definition) is 6. The van der Waals surface area contributed by atoms with E-state index in [1.165, 1.54) is 0 Å². The predicted octanol–water partition coefficient (Wildman–Crippen LogP) is 3.01. The fourth-order valence-corrected chi connectivity index (χ4v) is 7.71. The van der Waals surface area contributed by atoms with Crippen LogP contribution in [0, 0.1) is 30.6 Å². The summed E-state index contributed by atoms with van der Waals surface area (Å²) in [7, 11) is 0.